The molecule has 0 bridgehead atoms. The molecule has 1 amide bonds. The van der Waals surface area contributed by atoms with Gasteiger partial charge in [0.25, 0.3) is 0 Å². The summed E-state index contributed by atoms with van der Waals surface area (Å²) in [6.07, 6.45) is 6.24. The largest absolute Gasteiger partial charge is 0.368 e. The molecule has 0 heterocycles. The van der Waals surface area contributed by atoms with Gasteiger partial charge in [0.1, 0.15) is 5.38 Å². The Hall–Kier alpha value is -0.730. The van der Waals surface area contributed by atoms with E-state index in [9.17, 15) is 4.79 Å². The zero-order valence-electron chi connectivity index (χ0n) is 10.2. The molecule has 2 rings (SSSR count). The Morgan fingerprint density at radius 3 is 2.50 bits per heavy atom. The second-order valence-electron chi connectivity index (χ2n) is 4.88. The van der Waals surface area contributed by atoms with E-state index in [0.29, 0.717) is 16.5 Å². The molecule has 1 fully saturated rings. The summed E-state index contributed by atoms with van der Waals surface area (Å²) < 4.78 is 0. The third kappa shape index (κ3) is 2.99. The summed E-state index contributed by atoms with van der Waals surface area (Å²) in [6.45, 7) is 0. The summed E-state index contributed by atoms with van der Waals surface area (Å²) in [5, 5.41) is -0.103. The Morgan fingerprint density at radius 2 is 1.94 bits per heavy atom. The lowest BCUT2D eigenvalue weighted by Gasteiger charge is -2.23. The quantitative estimate of drug-likeness (QED) is 0.833. The molecule has 1 atom stereocenters. The Labute approximate surface area is 117 Å². The van der Waals surface area contributed by atoms with Gasteiger partial charge < -0.3 is 5.73 Å². The van der Waals surface area contributed by atoms with Gasteiger partial charge in [-0.15, -0.1) is 11.6 Å². The lowest BCUT2D eigenvalue weighted by molar-refractivity contribution is -0.117. The van der Waals surface area contributed by atoms with Gasteiger partial charge in [0, 0.05) is 5.02 Å². The normalized spacial score (nSPS) is 18.6. The second kappa shape index (κ2) is 5.94. The van der Waals surface area contributed by atoms with Crippen LogP contribution in [0.5, 0.6) is 0 Å². The van der Waals surface area contributed by atoms with E-state index in [2.05, 4.69) is 0 Å². The van der Waals surface area contributed by atoms with E-state index in [1.807, 2.05) is 12.1 Å². The van der Waals surface area contributed by atoms with Crippen molar-refractivity contribution < 1.29 is 4.79 Å². The highest BCUT2D eigenvalue weighted by molar-refractivity contribution is 6.33. The first-order valence-electron chi connectivity index (χ1n) is 6.32. The molecular weight excluding hydrogens is 269 g/mol. The van der Waals surface area contributed by atoms with Gasteiger partial charge in [0.2, 0.25) is 5.91 Å². The first kappa shape index (κ1) is 13.7. The molecule has 0 aliphatic heterocycles. The van der Waals surface area contributed by atoms with Crippen LogP contribution in [-0.2, 0) is 4.79 Å². The van der Waals surface area contributed by atoms with Crippen LogP contribution in [0, 0.1) is 0 Å². The monoisotopic (exact) mass is 285 g/mol. The number of alkyl halides is 1. The molecule has 1 saturated carbocycles. The first-order chi connectivity index (χ1) is 8.59. The maximum absolute atomic E-state index is 11.0. The van der Waals surface area contributed by atoms with Gasteiger partial charge in [-0.2, -0.15) is 0 Å². The maximum Gasteiger partial charge on any atom is 0.240 e. The molecule has 0 radical (unpaired) electrons. The van der Waals surface area contributed by atoms with Crippen molar-refractivity contribution in [1.29, 1.82) is 0 Å². The van der Waals surface area contributed by atoms with Gasteiger partial charge in [-0.3, -0.25) is 4.79 Å². The molecule has 1 unspecified atom stereocenters. The number of hydrogen-bond donors (Lipinski definition) is 1. The van der Waals surface area contributed by atoms with Crippen LogP contribution in [0.4, 0.5) is 0 Å². The Bertz CT molecular complexity index is 441. The van der Waals surface area contributed by atoms with Crippen LogP contribution in [0.2, 0.25) is 5.02 Å². The van der Waals surface area contributed by atoms with Gasteiger partial charge in [-0.05, 0) is 36.0 Å². The summed E-state index contributed by atoms with van der Waals surface area (Å²) in [6, 6.07) is 5.62. The Morgan fingerprint density at radius 1 is 1.28 bits per heavy atom. The summed E-state index contributed by atoms with van der Waals surface area (Å²) in [4.78, 5) is 11.0. The van der Waals surface area contributed by atoms with Crippen LogP contribution in [0.1, 0.15) is 54.5 Å². The number of amides is 1. The molecule has 1 aromatic rings. The van der Waals surface area contributed by atoms with Crippen LogP contribution >= 0.6 is 23.2 Å². The van der Waals surface area contributed by atoms with Crippen LogP contribution in [0.25, 0.3) is 0 Å². The summed E-state index contributed by atoms with van der Waals surface area (Å²) in [5.74, 6) is 0.000744. The maximum atomic E-state index is 11.0. The molecule has 98 valence electrons. The predicted molar refractivity (Wildman–Crippen MR) is 75.1 cm³/mol. The Balaban J connectivity index is 2.21. The molecule has 4 heteroatoms. The van der Waals surface area contributed by atoms with Crippen molar-refractivity contribution in [2.24, 2.45) is 5.73 Å². The smallest absolute Gasteiger partial charge is 0.240 e. The van der Waals surface area contributed by atoms with Gasteiger partial charge in [0.15, 0.2) is 0 Å². The summed E-state index contributed by atoms with van der Waals surface area (Å²) in [5.41, 5.74) is 7.03. The van der Waals surface area contributed by atoms with Crippen molar-refractivity contribution in [2.75, 3.05) is 0 Å². The van der Waals surface area contributed by atoms with Crippen LogP contribution in [0.3, 0.4) is 0 Å². The molecule has 1 aromatic carbocycles. The molecular formula is C14H17Cl2NO. The first-order valence-corrected chi connectivity index (χ1v) is 7.13. The predicted octanol–water partition coefficient (Wildman–Crippen LogP) is 4.15. The van der Waals surface area contributed by atoms with E-state index in [0.717, 1.165) is 0 Å². The zero-order chi connectivity index (χ0) is 13.1. The average Bonchev–Trinajstić information content (AvgIpc) is 2.38. The van der Waals surface area contributed by atoms with Gasteiger partial charge in [0.05, 0.1) is 0 Å². The van der Waals surface area contributed by atoms with Crippen molar-refractivity contribution >= 4 is 29.1 Å². The number of halogens is 2. The highest BCUT2D eigenvalue weighted by atomic mass is 35.5. The topological polar surface area (TPSA) is 43.1 Å². The van der Waals surface area contributed by atoms with E-state index in [1.54, 1.807) is 6.07 Å². The number of carbonyl (C=O) groups excluding carboxylic acids is 1. The van der Waals surface area contributed by atoms with Crippen molar-refractivity contribution in [3.63, 3.8) is 0 Å². The minimum atomic E-state index is -0.803. The minimum absolute atomic E-state index is 0.543. The van der Waals surface area contributed by atoms with Crippen molar-refractivity contribution in [1.82, 2.24) is 0 Å². The molecule has 0 saturated heterocycles. The molecule has 1 aliphatic rings. The number of hydrogen-bond acceptors (Lipinski definition) is 1. The van der Waals surface area contributed by atoms with Gasteiger partial charge in [-0.25, -0.2) is 0 Å². The second-order valence-corrected chi connectivity index (χ2v) is 5.72. The lowest BCUT2D eigenvalue weighted by Crippen LogP contribution is -2.17. The molecule has 0 spiro atoms. The third-order valence-electron chi connectivity index (χ3n) is 3.61. The van der Waals surface area contributed by atoms with Crippen LogP contribution in [0.15, 0.2) is 18.2 Å². The average molecular weight is 286 g/mol. The van der Waals surface area contributed by atoms with Crippen molar-refractivity contribution in [2.45, 2.75) is 43.4 Å². The fourth-order valence-corrected chi connectivity index (χ4v) is 3.09. The number of carbonyl (C=O) groups is 1. The standard InChI is InChI=1S/C14H17Cl2NO/c15-12-8-10(13(16)14(17)18)6-7-11(12)9-4-2-1-3-5-9/h6-9,13H,1-5H2,(H2,17,18). The molecule has 2 nitrogen and oxygen atoms in total. The molecule has 1 aliphatic carbocycles. The molecule has 18 heavy (non-hydrogen) atoms. The highest BCUT2D eigenvalue weighted by Gasteiger charge is 2.20. The van der Waals surface area contributed by atoms with Gasteiger partial charge >= 0.3 is 0 Å². The highest BCUT2D eigenvalue weighted by Crippen LogP contribution is 2.37. The minimum Gasteiger partial charge on any atom is -0.368 e. The van der Waals surface area contributed by atoms with Crippen molar-refractivity contribution in [3.8, 4) is 0 Å². The van der Waals surface area contributed by atoms with Gasteiger partial charge in [-0.1, -0.05) is 43.0 Å². The molecule has 0 aromatic heterocycles. The van der Waals surface area contributed by atoms with Crippen LogP contribution in [-0.4, -0.2) is 5.91 Å². The summed E-state index contributed by atoms with van der Waals surface area (Å²) in [7, 11) is 0. The zero-order valence-corrected chi connectivity index (χ0v) is 11.7. The van der Waals surface area contributed by atoms with E-state index in [1.165, 1.54) is 37.7 Å². The number of nitrogens with two attached hydrogens (primary N) is 1. The van der Waals surface area contributed by atoms with E-state index >= 15 is 0 Å². The van der Waals surface area contributed by atoms with E-state index in [4.69, 9.17) is 28.9 Å². The third-order valence-corrected chi connectivity index (χ3v) is 4.41. The SMILES string of the molecule is NC(=O)C(Cl)c1ccc(C2CCCCC2)c(Cl)c1. The van der Waals surface area contributed by atoms with Crippen LogP contribution < -0.4 is 5.73 Å². The van der Waals surface area contributed by atoms with Crippen molar-refractivity contribution in [3.05, 3.63) is 34.3 Å². The van der Waals surface area contributed by atoms with E-state index < -0.39 is 11.3 Å². The fraction of sp³-hybridized carbons (Fsp3) is 0.500. The number of primary amides is 1. The number of benzene rings is 1. The number of rotatable bonds is 3. The van der Waals surface area contributed by atoms with E-state index in [-0.39, 0.29) is 0 Å². The summed E-state index contributed by atoms with van der Waals surface area (Å²) >= 11 is 12.2. The lowest BCUT2D eigenvalue weighted by atomic mass is 9.84. The fourth-order valence-electron chi connectivity index (χ4n) is 2.61. The Kier molecular flexibility index (Phi) is 4.52. The molecule has 2 N–H and O–H groups in total.